The van der Waals surface area contributed by atoms with Gasteiger partial charge in [0, 0.05) is 11.6 Å². The van der Waals surface area contributed by atoms with E-state index in [-0.39, 0.29) is 0 Å². The van der Waals surface area contributed by atoms with E-state index in [1.54, 1.807) is 18.2 Å². The van der Waals surface area contributed by atoms with Crippen LogP contribution in [0.3, 0.4) is 0 Å². The lowest BCUT2D eigenvalue weighted by Gasteiger charge is -1.98. The molecule has 0 saturated carbocycles. The molecule has 0 N–H and O–H groups in total. The third-order valence-electron chi connectivity index (χ3n) is 2.55. The average Bonchev–Trinajstić information content (AvgIpc) is 2.94. The predicted molar refractivity (Wildman–Crippen MR) is 70.6 cm³/mol. The number of hydrogen-bond donors (Lipinski definition) is 0. The number of furan rings is 1. The number of esters is 1. The third-order valence-corrected chi connectivity index (χ3v) is 2.55. The number of rotatable bonds is 4. The molecule has 96 valence electrons. The second-order valence-electron chi connectivity index (χ2n) is 3.80. The Bertz CT molecular complexity index is 605. The van der Waals surface area contributed by atoms with Crippen LogP contribution in [0.4, 0.5) is 0 Å². The van der Waals surface area contributed by atoms with Crippen LogP contribution in [-0.4, -0.2) is 19.4 Å². The Hall–Kier alpha value is -2.62. The van der Waals surface area contributed by atoms with Gasteiger partial charge in [0.25, 0.3) is 0 Å². The van der Waals surface area contributed by atoms with Crippen molar-refractivity contribution in [2.24, 2.45) is 0 Å². The Morgan fingerprint density at radius 2 is 1.89 bits per heavy atom. The van der Waals surface area contributed by atoms with E-state index < -0.39 is 5.97 Å². The highest BCUT2D eigenvalue weighted by atomic mass is 16.5. The van der Waals surface area contributed by atoms with Crippen LogP contribution in [0.5, 0.6) is 0 Å². The van der Waals surface area contributed by atoms with Crippen LogP contribution < -0.4 is 0 Å². The minimum Gasteiger partial charge on any atom is -0.466 e. The molecular weight excluding hydrogens is 244 g/mol. The van der Waals surface area contributed by atoms with Crippen LogP contribution in [-0.2, 0) is 9.53 Å². The van der Waals surface area contributed by atoms with Crippen molar-refractivity contribution >= 4 is 18.3 Å². The molecule has 1 heterocycles. The maximum atomic E-state index is 11.0. The first-order chi connectivity index (χ1) is 9.22. The van der Waals surface area contributed by atoms with Crippen LogP contribution in [0.25, 0.3) is 17.4 Å². The number of ether oxygens (including phenoxy) is 1. The van der Waals surface area contributed by atoms with E-state index in [0.717, 1.165) is 11.1 Å². The number of hydrogen-bond acceptors (Lipinski definition) is 4. The van der Waals surface area contributed by atoms with Gasteiger partial charge in [-0.2, -0.15) is 0 Å². The van der Waals surface area contributed by atoms with E-state index in [4.69, 9.17) is 4.42 Å². The van der Waals surface area contributed by atoms with Crippen molar-refractivity contribution in [1.29, 1.82) is 0 Å². The molecule has 19 heavy (non-hydrogen) atoms. The second-order valence-corrected chi connectivity index (χ2v) is 3.80. The first kappa shape index (κ1) is 12.8. The number of benzene rings is 1. The fourth-order valence-electron chi connectivity index (χ4n) is 1.56. The summed E-state index contributed by atoms with van der Waals surface area (Å²) in [7, 11) is 1.33. The zero-order chi connectivity index (χ0) is 13.7. The Balaban J connectivity index is 2.16. The Morgan fingerprint density at radius 1 is 1.16 bits per heavy atom. The van der Waals surface area contributed by atoms with Crippen molar-refractivity contribution in [1.82, 2.24) is 0 Å². The van der Waals surface area contributed by atoms with Gasteiger partial charge in [0.1, 0.15) is 5.76 Å². The number of carbonyl (C=O) groups excluding carboxylic acids is 2. The van der Waals surface area contributed by atoms with E-state index in [0.29, 0.717) is 17.8 Å². The summed E-state index contributed by atoms with van der Waals surface area (Å²) in [6.07, 6.45) is 3.68. The normalized spacial score (nSPS) is 10.6. The molecule has 0 amide bonds. The molecule has 0 unspecified atom stereocenters. The maximum absolute atomic E-state index is 11.0. The molecule has 0 spiro atoms. The van der Waals surface area contributed by atoms with Gasteiger partial charge >= 0.3 is 5.97 Å². The summed E-state index contributed by atoms with van der Waals surface area (Å²) in [5.41, 5.74) is 1.74. The Kier molecular flexibility index (Phi) is 3.93. The van der Waals surface area contributed by atoms with Gasteiger partial charge in [-0.3, -0.25) is 4.79 Å². The zero-order valence-electron chi connectivity index (χ0n) is 10.3. The van der Waals surface area contributed by atoms with Crippen LogP contribution in [0.1, 0.15) is 16.1 Å². The molecule has 0 fully saturated rings. The average molecular weight is 256 g/mol. The van der Waals surface area contributed by atoms with Gasteiger partial charge in [-0.25, -0.2) is 4.79 Å². The molecule has 0 aliphatic carbocycles. The van der Waals surface area contributed by atoms with Crippen molar-refractivity contribution in [3.8, 4) is 11.3 Å². The molecule has 2 aromatic rings. The van der Waals surface area contributed by atoms with E-state index >= 15 is 0 Å². The molecule has 2 rings (SSSR count). The van der Waals surface area contributed by atoms with Crippen molar-refractivity contribution in [2.45, 2.75) is 0 Å². The van der Waals surface area contributed by atoms with Gasteiger partial charge in [-0.15, -0.1) is 0 Å². The maximum Gasteiger partial charge on any atom is 0.330 e. The van der Waals surface area contributed by atoms with Crippen molar-refractivity contribution < 1.29 is 18.7 Å². The van der Waals surface area contributed by atoms with E-state index in [1.165, 1.54) is 13.2 Å². The summed E-state index contributed by atoms with van der Waals surface area (Å²) in [5, 5.41) is 0. The summed E-state index contributed by atoms with van der Waals surface area (Å²) < 4.78 is 9.82. The van der Waals surface area contributed by atoms with Gasteiger partial charge in [-0.05, 0) is 23.8 Å². The quantitative estimate of drug-likeness (QED) is 0.479. The second kappa shape index (κ2) is 5.82. The summed E-state index contributed by atoms with van der Waals surface area (Å²) in [6.45, 7) is 0. The van der Waals surface area contributed by atoms with Crippen molar-refractivity contribution in [3.05, 3.63) is 53.8 Å². The molecule has 0 aliphatic heterocycles. The first-order valence-corrected chi connectivity index (χ1v) is 5.64. The summed E-state index contributed by atoms with van der Waals surface area (Å²) >= 11 is 0. The highest BCUT2D eigenvalue weighted by molar-refractivity contribution is 5.87. The largest absolute Gasteiger partial charge is 0.466 e. The van der Waals surface area contributed by atoms with Crippen LogP contribution >= 0.6 is 0 Å². The fourth-order valence-corrected chi connectivity index (χ4v) is 1.56. The van der Waals surface area contributed by atoms with Crippen molar-refractivity contribution in [2.75, 3.05) is 7.11 Å². The van der Waals surface area contributed by atoms with Gasteiger partial charge < -0.3 is 9.15 Å². The molecule has 0 saturated heterocycles. The van der Waals surface area contributed by atoms with E-state index in [9.17, 15) is 9.59 Å². The molecular formula is C15H12O4. The summed E-state index contributed by atoms with van der Waals surface area (Å²) in [4.78, 5) is 21.5. The van der Waals surface area contributed by atoms with Gasteiger partial charge in [0.05, 0.1) is 7.11 Å². The summed E-state index contributed by atoms with van der Waals surface area (Å²) in [5.74, 6) is 0.529. The van der Waals surface area contributed by atoms with Gasteiger partial charge in [0.2, 0.25) is 0 Å². The van der Waals surface area contributed by atoms with E-state index in [2.05, 4.69) is 4.74 Å². The minimum absolute atomic E-state index is 0.296. The van der Waals surface area contributed by atoms with Gasteiger partial charge in [-0.1, -0.05) is 24.3 Å². The zero-order valence-corrected chi connectivity index (χ0v) is 10.3. The standard InChI is InChI=1S/C15H12O4/c1-18-15(17)9-4-11-2-5-12(6-3-11)14-8-7-13(10-16)19-14/h2-10H,1H3/b9-4+. The molecule has 0 atom stereocenters. The topological polar surface area (TPSA) is 56.5 Å². The van der Waals surface area contributed by atoms with Crippen molar-refractivity contribution in [3.63, 3.8) is 0 Å². The molecule has 0 aliphatic rings. The molecule has 4 heteroatoms. The Morgan fingerprint density at radius 3 is 2.47 bits per heavy atom. The van der Waals surface area contributed by atoms with Crippen LogP contribution in [0.2, 0.25) is 0 Å². The molecule has 1 aromatic heterocycles. The highest BCUT2D eigenvalue weighted by Crippen LogP contribution is 2.22. The first-order valence-electron chi connectivity index (χ1n) is 5.64. The smallest absolute Gasteiger partial charge is 0.330 e. The fraction of sp³-hybridized carbons (Fsp3) is 0.0667. The van der Waals surface area contributed by atoms with Crippen LogP contribution in [0, 0.1) is 0 Å². The number of methoxy groups -OCH3 is 1. The predicted octanol–water partition coefficient (Wildman–Crippen LogP) is 2.95. The third kappa shape index (κ3) is 3.19. The molecule has 4 nitrogen and oxygen atoms in total. The van der Waals surface area contributed by atoms with E-state index in [1.807, 2.05) is 24.3 Å². The highest BCUT2D eigenvalue weighted by Gasteiger charge is 2.03. The Labute approximate surface area is 110 Å². The lowest BCUT2D eigenvalue weighted by Crippen LogP contribution is -1.93. The lowest BCUT2D eigenvalue weighted by molar-refractivity contribution is -0.134. The van der Waals surface area contributed by atoms with Crippen LogP contribution in [0.15, 0.2) is 46.9 Å². The molecule has 0 radical (unpaired) electrons. The molecule has 0 bridgehead atoms. The SMILES string of the molecule is COC(=O)/C=C/c1ccc(-c2ccc(C=O)o2)cc1. The molecule has 1 aromatic carbocycles. The summed E-state index contributed by atoms with van der Waals surface area (Å²) in [6, 6.07) is 10.8. The number of aldehydes is 1. The van der Waals surface area contributed by atoms with Gasteiger partial charge in [0.15, 0.2) is 12.0 Å². The number of carbonyl (C=O) groups is 2. The monoisotopic (exact) mass is 256 g/mol. The minimum atomic E-state index is -0.397. The lowest BCUT2D eigenvalue weighted by atomic mass is 10.1.